The number of thiazole rings is 1. The number of methoxy groups -OCH3 is 1. The first-order chi connectivity index (χ1) is 25.3. The fraction of sp³-hybridized carbons (Fsp3) is 0.400. The van der Waals surface area contributed by atoms with Crippen molar-refractivity contribution in [1.82, 2.24) is 24.3 Å². The molecule has 11 nitrogen and oxygen atoms in total. The third kappa shape index (κ3) is 7.69. The summed E-state index contributed by atoms with van der Waals surface area (Å²) >= 11 is 1.64. The van der Waals surface area contributed by atoms with E-state index in [1.165, 1.54) is 0 Å². The molecule has 0 unspecified atom stereocenters. The number of hydrogen-bond acceptors (Lipinski definition) is 9. The van der Waals surface area contributed by atoms with Crippen LogP contribution in [0.2, 0.25) is 0 Å². The largest absolute Gasteiger partial charge is 0.493 e. The van der Waals surface area contributed by atoms with Crippen molar-refractivity contribution in [3.8, 4) is 17.0 Å². The molecule has 0 bridgehead atoms. The molecule has 5 aromatic rings. The van der Waals surface area contributed by atoms with E-state index in [0.717, 1.165) is 45.6 Å². The predicted molar refractivity (Wildman–Crippen MR) is 199 cm³/mol. The van der Waals surface area contributed by atoms with Gasteiger partial charge >= 0.3 is 6.09 Å². The zero-order valence-corrected chi connectivity index (χ0v) is 30.5. The molecule has 1 aliphatic carbocycles. The third-order valence-electron chi connectivity index (χ3n) is 10.1. The van der Waals surface area contributed by atoms with Crippen LogP contribution in [0.3, 0.4) is 0 Å². The van der Waals surface area contributed by atoms with Crippen LogP contribution in [0.4, 0.5) is 4.79 Å². The number of aliphatic hydroxyl groups is 1. The van der Waals surface area contributed by atoms with E-state index in [0.29, 0.717) is 49.7 Å². The number of piperazine rings is 1. The molecule has 2 amide bonds. The summed E-state index contributed by atoms with van der Waals surface area (Å²) in [7, 11) is 1.60. The number of carbonyl (C=O) groups is 2. The number of imidazole rings is 1. The molecule has 1 saturated heterocycles. The average Bonchev–Trinajstić information content (AvgIpc) is 3.77. The molecule has 2 fully saturated rings. The van der Waals surface area contributed by atoms with Gasteiger partial charge in [-0.25, -0.2) is 14.8 Å². The summed E-state index contributed by atoms with van der Waals surface area (Å²) in [6.07, 6.45) is 4.93. The number of fused-ring (bicyclic) bond motifs is 1. The molecule has 3 heterocycles. The van der Waals surface area contributed by atoms with Crippen LogP contribution < -0.4 is 4.74 Å². The molecule has 3 aromatic carbocycles. The minimum absolute atomic E-state index is 0.166. The van der Waals surface area contributed by atoms with Crippen LogP contribution in [0, 0.1) is 6.92 Å². The number of ether oxygens (including phenoxy) is 3. The van der Waals surface area contributed by atoms with Crippen molar-refractivity contribution in [1.29, 1.82) is 0 Å². The summed E-state index contributed by atoms with van der Waals surface area (Å²) in [6.45, 7) is 3.55. The van der Waals surface area contributed by atoms with Crippen molar-refractivity contribution in [2.75, 3.05) is 40.0 Å². The van der Waals surface area contributed by atoms with Gasteiger partial charge in [0, 0.05) is 44.8 Å². The van der Waals surface area contributed by atoms with Crippen LogP contribution >= 0.6 is 11.3 Å². The SMILES string of the molecule is COC[C@]1(O)CCCC[C@H]1n1cnc(C(=O)N2CCN(C(=O)OCc3ccccc3)C[C@H]2CCOc2ccc3sc(C)nc3c2)c1-c1ccccc1. The van der Waals surface area contributed by atoms with Gasteiger partial charge in [0.15, 0.2) is 5.69 Å². The Morgan fingerprint density at radius 2 is 1.81 bits per heavy atom. The van der Waals surface area contributed by atoms with Crippen molar-refractivity contribution in [3.05, 3.63) is 101 Å². The lowest BCUT2D eigenvalue weighted by atomic mass is 9.80. The molecule has 2 aliphatic rings. The van der Waals surface area contributed by atoms with Crippen LogP contribution in [0.5, 0.6) is 5.75 Å². The molecule has 2 aromatic heterocycles. The lowest BCUT2D eigenvalue weighted by molar-refractivity contribution is -0.0893. The minimum Gasteiger partial charge on any atom is -0.493 e. The molecule has 1 saturated carbocycles. The molecule has 272 valence electrons. The van der Waals surface area contributed by atoms with Gasteiger partial charge in [0.05, 0.1) is 52.5 Å². The number of rotatable bonds is 11. The van der Waals surface area contributed by atoms with Gasteiger partial charge in [-0.1, -0.05) is 73.5 Å². The van der Waals surface area contributed by atoms with Gasteiger partial charge in [-0.05, 0) is 37.5 Å². The lowest BCUT2D eigenvalue weighted by Gasteiger charge is -2.41. The Bertz CT molecular complexity index is 1980. The zero-order valence-electron chi connectivity index (χ0n) is 29.6. The van der Waals surface area contributed by atoms with Gasteiger partial charge in [-0.3, -0.25) is 4.79 Å². The van der Waals surface area contributed by atoms with Crippen LogP contribution in [0.25, 0.3) is 21.5 Å². The molecule has 3 atom stereocenters. The van der Waals surface area contributed by atoms with E-state index in [-0.39, 0.29) is 37.7 Å². The monoisotopic (exact) mass is 723 g/mol. The Balaban J connectivity index is 1.15. The first kappa shape index (κ1) is 35.6. The van der Waals surface area contributed by atoms with Crippen LogP contribution in [0.1, 0.15) is 59.2 Å². The number of aromatic nitrogens is 3. The number of aryl methyl sites for hydroxylation is 1. The molecule has 12 heteroatoms. The van der Waals surface area contributed by atoms with Crippen molar-refractivity contribution in [2.24, 2.45) is 0 Å². The van der Waals surface area contributed by atoms with E-state index in [1.807, 2.05) is 95.3 Å². The quantitative estimate of drug-likeness (QED) is 0.157. The van der Waals surface area contributed by atoms with E-state index in [4.69, 9.17) is 19.2 Å². The normalized spacial score (nSPS) is 20.6. The topological polar surface area (TPSA) is 119 Å². The summed E-state index contributed by atoms with van der Waals surface area (Å²) in [5.74, 6) is 0.470. The van der Waals surface area contributed by atoms with Crippen LogP contribution in [-0.4, -0.2) is 93.0 Å². The summed E-state index contributed by atoms with van der Waals surface area (Å²) in [5, 5.41) is 12.8. The number of hydrogen-bond donors (Lipinski definition) is 1. The molecule has 0 spiro atoms. The summed E-state index contributed by atoms with van der Waals surface area (Å²) in [6, 6.07) is 24.5. The van der Waals surface area contributed by atoms with E-state index in [2.05, 4.69) is 4.98 Å². The maximum absolute atomic E-state index is 14.7. The highest BCUT2D eigenvalue weighted by atomic mass is 32.1. The Morgan fingerprint density at radius 3 is 2.60 bits per heavy atom. The maximum Gasteiger partial charge on any atom is 0.410 e. The van der Waals surface area contributed by atoms with Crippen molar-refractivity contribution >= 4 is 33.6 Å². The van der Waals surface area contributed by atoms with E-state index < -0.39 is 11.7 Å². The number of carbonyl (C=O) groups excluding carboxylic acids is 2. The highest BCUT2D eigenvalue weighted by molar-refractivity contribution is 7.18. The summed E-state index contributed by atoms with van der Waals surface area (Å²) in [5.41, 5.74) is 2.51. The number of amides is 2. The Labute approximate surface area is 307 Å². The zero-order chi connectivity index (χ0) is 36.1. The van der Waals surface area contributed by atoms with Gasteiger partial charge in [0.2, 0.25) is 0 Å². The second kappa shape index (κ2) is 15.9. The second-order valence-corrected chi connectivity index (χ2v) is 14.9. The fourth-order valence-electron chi connectivity index (χ4n) is 7.56. The molecule has 7 rings (SSSR count). The van der Waals surface area contributed by atoms with E-state index >= 15 is 0 Å². The first-order valence-corrected chi connectivity index (χ1v) is 18.7. The summed E-state index contributed by atoms with van der Waals surface area (Å²) in [4.78, 5) is 40.9. The Morgan fingerprint density at radius 1 is 1.02 bits per heavy atom. The molecular weight excluding hydrogens is 679 g/mol. The van der Waals surface area contributed by atoms with Crippen molar-refractivity contribution < 1.29 is 28.9 Å². The molecule has 1 N–H and O–H groups in total. The van der Waals surface area contributed by atoms with Crippen LogP contribution in [0.15, 0.2) is 85.2 Å². The Kier molecular flexibility index (Phi) is 10.9. The lowest BCUT2D eigenvalue weighted by Crippen LogP contribution is -2.57. The highest BCUT2D eigenvalue weighted by Gasteiger charge is 2.43. The Hall–Kier alpha value is -4.78. The standard InChI is InChI=1S/C40H45N5O6S/c1-28-42-33-23-32(16-17-34(33)52-28)50-22-18-31-24-43(39(47)51-25-29-11-5-3-6-12-29)20-21-44(31)38(46)36-37(30-13-7-4-8-14-30)45(27-41-36)35-15-9-10-19-40(35,48)26-49-2/h3-8,11-14,16-17,23,27,31,35,48H,9-10,15,18-22,24-26H2,1-2H3/t31-,35-,40-/m1/s1. The van der Waals surface area contributed by atoms with Gasteiger partial charge < -0.3 is 33.7 Å². The maximum atomic E-state index is 14.7. The molecule has 52 heavy (non-hydrogen) atoms. The third-order valence-corrected chi connectivity index (χ3v) is 11.1. The van der Waals surface area contributed by atoms with Crippen LogP contribution in [-0.2, 0) is 16.1 Å². The first-order valence-electron chi connectivity index (χ1n) is 17.9. The van der Waals surface area contributed by atoms with Crippen molar-refractivity contribution in [2.45, 2.75) is 63.3 Å². The second-order valence-electron chi connectivity index (χ2n) is 13.7. The minimum atomic E-state index is -1.09. The smallest absolute Gasteiger partial charge is 0.410 e. The summed E-state index contributed by atoms with van der Waals surface area (Å²) < 4.78 is 20.5. The van der Waals surface area contributed by atoms with E-state index in [1.54, 1.807) is 29.7 Å². The van der Waals surface area contributed by atoms with Gasteiger partial charge in [-0.2, -0.15) is 0 Å². The van der Waals surface area contributed by atoms with Crippen molar-refractivity contribution in [3.63, 3.8) is 0 Å². The molecule has 1 aliphatic heterocycles. The van der Waals surface area contributed by atoms with Gasteiger partial charge in [-0.15, -0.1) is 11.3 Å². The number of nitrogens with zero attached hydrogens (tertiary/aromatic N) is 5. The van der Waals surface area contributed by atoms with Gasteiger partial charge in [0.1, 0.15) is 18.0 Å². The highest BCUT2D eigenvalue weighted by Crippen LogP contribution is 2.41. The van der Waals surface area contributed by atoms with Gasteiger partial charge in [0.25, 0.3) is 5.91 Å². The average molecular weight is 724 g/mol. The molecule has 0 radical (unpaired) electrons. The van der Waals surface area contributed by atoms with E-state index in [9.17, 15) is 14.7 Å². The fourth-order valence-corrected chi connectivity index (χ4v) is 8.37. The molecular formula is C40H45N5O6S. The predicted octanol–water partition coefficient (Wildman–Crippen LogP) is 6.89. The number of benzene rings is 3.